The van der Waals surface area contributed by atoms with Gasteiger partial charge in [0.1, 0.15) is 16.9 Å². The summed E-state index contributed by atoms with van der Waals surface area (Å²) < 4.78 is 24.8. The molecular weight excluding hydrogens is 626 g/mol. The molecule has 5 atom stereocenters. The Bertz CT molecular complexity index is 1320. The van der Waals surface area contributed by atoms with Gasteiger partial charge in [0, 0.05) is 24.2 Å². The maximum absolute atomic E-state index is 13.4. The molecule has 1 aromatic rings. The molecule has 3 aliphatic rings. The van der Waals surface area contributed by atoms with Crippen molar-refractivity contribution in [3.05, 3.63) is 29.3 Å². The number of hydrogen-bond acceptors (Lipinski definition) is 11. The van der Waals surface area contributed by atoms with Crippen LogP contribution in [0.4, 0.5) is 4.39 Å². The Hall–Kier alpha value is -2.09. The van der Waals surface area contributed by atoms with Crippen molar-refractivity contribution in [3.63, 3.8) is 0 Å². The highest BCUT2D eigenvalue weighted by atomic mass is 32.2. The average molecular weight is 668 g/mol. The highest BCUT2D eigenvalue weighted by Gasteiger charge is 2.52. The molecule has 13 heteroatoms. The van der Waals surface area contributed by atoms with Crippen molar-refractivity contribution in [3.8, 4) is 5.75 Å². The third kappa shape index (κ3) is 7.47. The number of carboxylic acids is 1. The molecule has 0 radical (unpaired) electrons. The van der Waals surface area contributed by atoms with Crippen LogP contribution in [-0.4, -0.2) is 98.1 Å². The highest BCUT2D eigenvalue weighted by molar-refractivity contribution is 8.15. The van der Waals surface area contributed by atoms with E-state index in [1.54, 1.807) is 30.4 Å². The SMILES string of the molecule is CCCCCc1cccc(OC(C)=O)c1C1=N[C@@H]([C@H]2SC[C@@H]([C@@H](OC(=O)CF)C(C)(C)C3=N[C@@](C)(C(=O)O)CS3)N2C)CS1. The number of alkyl halides is 1. The van der Waals surface area contributed by atoms with Crippen LogP contribution in [0.2, 0.25) is 0 Å². The van der Waals surface area contributed by atoms with Crippen LogP contribution < -0.4 is 4.74 Å². The van der Waals surface area contributed by atoms with Crippen LogP contribution in [0.3, 0.4) is 0 Å². The maximum atomic E-state index is 13.4. The van der Waals surface area contributed by atoms with E-state index in [1.165, 1.54) is 18.7 Å². The summed E-state index contributed by atoms with van der Waals surface area (Å²) in [5, 5.41) is 11.1. The molecule has 3 aliphatic heterocycles. The first kappa shape index (κ1) is 34.8. The topological polar surface area (TPSA) is 118 Å². The summed E-state index contributed by atoms with van der Waals surface area (Å²) in [6.07, 6.45) is 3.34. The molecule has 0 aromatic heterocycles. The Balaban J connectivity index is 1.61. The number of aliphatic imine (C=N–C) groups is 2. The molecular formula is C31H42FN3O6S3. The predicted molar refractivity (Wildman–Crippen MR) is 177 cm³/mol. The van der Waals surface area contributed by atoms with Crippen LogP contribution >= 0.6 is 35.3 Å². The Morgan fingerprint density at radius 3 is 2.61 bits per heavy atom. The number of carbonyl (C=O) groups excluding carboxylic acids is 2. The third-order valence-electron chi connectivity index (χ3n) is 8.27. The highest BCUT2D eigenvalue weighted by Crippen LogP contribution is 2.45. The number of benzene rings is 1. The lowest BCUT2D eigenvalue weighted by molar-refractivity contribution is -0.157. The molecule has 44 heavy (non-hydrogen) atoms. The molecule has 0 unspecified atom stereocenters. The number of thioether (sulfide) groups is 3. The van der Waals surface area contributed by atoms with Gasteiger partial charge in [0.15, 0.2) is 12.2 Å². The van der Waals surface area contributed by atoms with Crippen molar-refractivity contribution < 1.29 is 33.4 Å². The minimum atomic E-state index is -1.27. The Morgan fingerprint density at radius 2 is 1.98 bits per heavy atom. The standard InChI is InChI=1S/C31H42FN3O6S3/c1-7-8-9-11-19-12-10-13-22(40-18(2)36)24(19)26-33-20(15-42-26)27-35(6)21(16-43-27)25(41-23(37)14-32)30(3,4)28-34-31(5,17-44-28)29(38)39/h10,12-13,20-21,25,27H,7-9,11,14-17H2,1-6H3,(H,38,39)/t20-,21+,25-,27-,31-/m1/s1. The van der Waals surface area contributed by atoms with Crippen LogP contribution in [0.25, 0.3) is 0 Å². The largest absolute Gasteiger partial charge is 0.479 e. The van der Waals surface area contributed by atoms with Gasteiger partial charge in [-0.3, -0.25) is 19.7 Å². The zero-order valence-electron chi connectivity index (χ0n) is 26.1. The third-order valence-corrected chi connectivity index (χ3v) is 12.5. The molecule has 0 bridgehead atoms. The average Bonchev–Trinajstić information content (AvgIpc) is 3.71. The van der Waals surface area contributed by atoms with Crippen LogP contribution in [0, 0.1) is 5.41 Å². The molecule has 1 aromatic carbocycles. The molecule has 0 saturated carbocycles. The van der Waals surface area contributed by atoms with E-state index < -0.39 is 35.7 Å². The van der Waals surface area contributed by atoms with E-state index in [2.05, 4.69) is 22.9 Å². The van der Waals surface area contributed by atoms with Crippen LogP contribution in [0.1, 0.15) is 65.0 Å². The number of carboxylic acid groups (broad SMARTS) is 1. The number of rotatable bonds is 13. The number of unbranched alkanes of at least 4 members (excludes halogenated alkanes) is 2. The molecule has 3 heterocycles. The van der Waals surface area contributed by atoms with Gasteiger partial charge in [-0.1, -0.05) is 45.7 Å². The fourth-order valence-electron chi connectivity index (χ4n) is 5.75. The first-order chi connectivity index (χ1) is 20.8. The molecule has 0 spiro atoms. The van der Waals surface area contributed by atoms with Crippen LogP contribution in [0.15, 0.2) is 28.2 Å². The lowest BCUT2D eigenvalue weighted by Gasteiger charge is -2.40. The lowest BCUT2D eigenvalue weighted by atomic mass is 9.82. The first-order valence-electron chi connectivity index (χ1n) is 14.9. The Labute approximate surface area is 271 Å². The number of ether oxygens (including phenoxy) is 2. The number of halogens is 1. The molecule has 1 fully saturated rings. The van der Waals surface area contributed by atoms with Gasteiger partial charge < -0.3 is 14.6 Å². The van der Waals surface area contributed by atoms with E-state index in [0.29, 0.717) is 16.5 Å². The number of nitrogens with zero attached hydrogens (tertiary/aromatic N) is 3. The van der Waals surface area contributed by atoms with E-state index in [-0.39, 0.29) is 29.2 Å². The number of likely N-dealkylation sites (N-methyl/N-ethyl adjacent to an activating group) is 1. The summed E-state index contributed by atoms with van der Waals surface area (Å²) in [6, 6.07) is 5.44. The van der Waals surface area contributed by atoms with Gasteiger partial charge in [-0.05, 0) is 38.4 Å². The molecule has 9 nitrogen and oxygen atoms in total. The predicted octanol–water partition coefficient (Wildman–Crippen LogP) is 5.48. The van der Waals surface area contributed by atoms with Gasteiger partial charge in [0.2, 0.25) is 0 Å². The quantitative estimate of drug-likeness (QED) is 0.165. The van der Waals surface area contributed by atoms with Gasteiger partial charge in [-0.15, -0.1) is 35.3 Å². The van der Waals surface area contributed by atoms with Gasteiger partial charge in [-0.2, -0.15) is 0 Å². The van der Waals surface area contributed by atoms with Crippen molar-refractivity contribution in [2.24, 2.45) is 15.4 Å². The van der Waals surface area contributed by atoms with Crippen molar-refractivity contribution >= 4 is 63.3 Å². The van der Waals surface area contributed by atoms with E-state index in [1.807, 2.05) is 33.0 Å². The second kappa shape index (κ2) is 14.6. The van der Waals surface area contributed by atoms with Crippen molar-refractivity contribution in [1.29, 1.82) is 0 Å². The first-order valence-corrected chi connectivity index (χ1v) is 17.9. The van der Waals surface area contributed by atoms with E-state index in [0.717, 1.165) is 47.6 Å². The summed E-state index contributed by atoms with van der Waals surface area (Å²) in [5.74, 6) is -0.217. The van der Waals surface area contributed by atoms with Gasteiger partial charge >= 0.3 is 17.9 Å². The van der Waals surface area contributed by atoms with Gasteiger partial charge in [0.25, 0.3) is 0 Å². The maximum Gasteiger partial charge on any atom is 0.337 e. The van der Waals surface area contributed by atoms with Gasteiger partial charge in [0.05, 0.1) is 33.5 Å². The molecule has 0 aliphatic carbocycles. The van der Waals surface area contributed by atoms with Gasteiger partial charge in [-0.25, -0.2) is 14.0 Å². The summed E-state index contributed by atoms with van der Waals surface area (Å²) >= 11 is 4.70. The summed E-state index contributed by atoms with van der Waals surface area (Å²) in [4.78, 5) is 48.0. The second-order valence-corrected chi connectivity index (χ2v) is 15.3. The Morgan fingerprint density at radius 1 is 1.23 bits per heavy atom. The molecule has 242 valence electrons. The zero-order chi connectivity index (χ0) is 32.2. The Kier molecular flexibility index (Phi) is 11.5. The normalized spacial score (nSPS) is 26.3. The van der Waals surface area contributed by atoms with Crippen molar-refractivity contribution in [2.45, 2.75) is 89.4 Å². The minimum Gasteiger partial charge on any atom is -0.479 e. The number of aryl methyl sites for hydroxylation is 1. The van der Waals surface area contributed by atoms with Crippen LogP contribution in [0.5, 0.6) is 5.75 Å². The fourth-order valence-corrected chi connectivity index (χ4v) is 9.98. The lowest BCUT2D eigenvalue weighted by Crippen LogP contribution is -2.54. The molecule has 1 saturated heterocycles. The summed E-state index contributed by atoms with van der Waals surface area (Å²) in [6.45, 7) is 7.64. The molecule has 1 N–H and O–H groups in total. The number of carbonyl (C=O) groups is 3. The van der Waals surface area contributed by atoms with Crippen molar-refractivity contribution in [1.82, 2.24) is 4.90 Å². The monoisotopic (exact) mass is 667 g/mol. The zero-order valence-corrected chi connectivity index (χ0v) is 28.6. The molecule has 4 rings (SSSR count). The number of hydrogen-bond donors (Lipinski definition) is 1. The van der Waals surface area contributed by atoms with E-state index in [4.69, 9.17) is 14.5 Å². The smallest absolute Gasteiger partial charge is 0.337 e. The minimum absolute atomic E-state index is 0.0423. The molecule has 0 amide bonds. The van der Waals surface area contributed by atoms with E-state index in [9.17, 15) is 23.9 Å². The van der Waals surface area contributed by atoms with Crippen LogP contribution in [-0.2, 0) is 25.5 Å². The second-order valence-electron chi connectivity index (χ2n) is 12.2. The van der Waals surface area contributed by atoms with E-state index >= 15 is 0 Å². The fraction of sp³-hybridized carbons (Fsp3) is 0.645. The summed E-state index contributed by atoms with van der Waals surface area (Å²) in [5.41, 5.74) is -0.138. The summed E-state index contributed by atoms with van der Waals surface area (Å²) in [7, 11) is 1.97. The van der Waals surface area contributed by atoms with Crippen molar-refractivity contribution in [2.75, 3.05) is 31.0 Å². The number of aliphatic carboxylic acids is 1. The number of esters is 2.